The second kappa shape index (κ2) is 7.25. The van der Waals surface area contributed by atoms with Crippen LogP contribution < -0.4 is 0 Å². The lowest BCUT2D eigenvalue weighted by molar-refractivity contribution is -0.168. The van der Waals surface area contributed by atoms with Gasteiger partial charge in [-0.3, -0.25) is 9.59 Å². The molecule has 1 aromatic rings. The van der Waals surface area contributed by atoms with E-state index in [1.165, 1.54) is 0 Å². The Bertz CT molecular complexity index is 542. The molecule has 0 spiro atoms. The first-order valence-electron chi connectivity index (χ1n) is 7.75. The molecular weight excluding hydrogens is 280 g/mol. The van der Waals surface area contributed by atoms with Crippen molar-refractivity contribution >= 4 is 18.0 Å². The maximum absolute atomic E-state index is 12.5. The highest BCUT2D eigenvalue weighted by Gasteiger charge is 2.54. The minimum atomic E-state index is -1.28. The first kappa shape index (κ1) is 16.3. The van der Waals surface area contributed by atoms with Crippen molar-refractivity contribution in [1.82, 2.24) is 0 Å². The maximum atomic E-state index is 12.5. The van der Waals surface area contributed by atoms with Crippen LogP contribution in [0.3, 0.4) is 0 Å². The molecule has 0 atom stereocenters. The van der Waals surface area contributed by atoms with E-state index >= 15 is 0 Å². The van der Waals surface area contributed by atoms with E-state index in [9.17, 15) is 9.59 Å². The van der Waals surface area contributed by atoms with Crippen LogP contribution in [0.2, 0.25) is 0 Å². The molecule has 1 fully saturated rings. The molecule has 1 aromatic carbocycles. The van der Waals surface area contributed by atoms with Gasteiger partial charge in [0.1, 0.15) is 0 Å². The molecule has 2 rings (SSSR count). The first-order chi connectivity index (χ1) is 10.6. The number of carbonyl (C=O) groups is 2. The number of hydrogen-bond acceptors (Lipinski definition) is 4. The van der Waals surface area contributed by atoms with Gasteiger partial charge in [0.2, 0.25) is 0 Å². The lowest BCUT2D eigenvalue weighted by Gasteiger charge is -2.26. The van der Waals surface area contributed by atoms with Gasteiger partial charge in [-0.05, 0) is 44.2 Å². The van der Waals surface area contributed by atoms with Crippen LogP contribution in [0.25, 0.3) is 6.08 Å². The predicted octanol–water partition coefficient (Wildman–Crippen LogP) is 3.37. The van der Waals surface area contributed by atoms with Crippen LogP contribution in [0.1, 0.15) is 38.7 Å². The van der Waals surface area contributed by atoms with Crippen LogP contribution in [0.15, 0.2) is 35.9 Å². The van der Waals surface area contributed by atoms with Gasteiger partial charge in [0.15, 0.2) is 5.41 Å². The first-order valence-corrected chi connectivity index (χ1v) is 7.75. The highest BCUT2D eigenvalue weighted by atomic mass is 16.6. The van der Waals surface area contributed by atoms with Gasteiger partial charge in [-0.25, -0.2) is 0 Å². The Labute approximate surface area is 131 Å². The monoisotopic (exact) mass is 302 g/mol. The highest BCUT2D eigenvalue weighted by molar-refractivity contribution is 6.05. The summed E-state index contributed by atoms with van der Waals surface area (Å²) in [6.07, 6.45) is 3.84. The molecule has 0 radical (unpaired) electrons. The molecular formula is C18H22O4. The molecule has 118 valence electrons. The molecule has 1 saturated carbocycles. The van der Waals surface area contributed by atoms with E-state index in [0.717, 1.165) is 17.6 Å². The molecule has 0 amide bonds. The number of hydrogen-bond donors (Lipinski definition) is 0. The summed E-state index contributed by atoms with van der Waals surface area (Å²) in [7, 11) is 0. The van der Waals surface area contributed by atoms with E-state index in [0.29, 0.717) is 12.8 Å². The summed E-state index contributed by atoms with van der Waals surface area (Å²) in [6, 6.07) is 9.69. The van der Waals surface area contributed by atoms with Crippen molar-refractivity contribution in [3.8, 4) is 0 Å². The van der Waals surface area contributed by atoms with Crippen LogP contribution in [-0.2, 0) is 19.1 Å². The van der Waals surface area contributed by atoms with Gasteiger partial charge in [0.25, 0.3) is 0 Å². The van der Waals surface area contributed by atoms with Crippen LogP contribution in [0.5, 0.6) is 0 Å². The summed E-state index contributed by atoms with van der Waals surface area (Å²) in [5, 5.41) is 0. The quantitative estimate of drug-likeness (QED) is 0.618. The van der Waals surface area contributed by atoms with Crippen molar-refractivity contribution in [1.29, 1.82) is 0 Å². The molecule has 4 nitrogen and oxygen atoms in total. The number of benzene rings is 1. The average Bonchev–Trinajstić information content (AvgIpc) is 2.93. The fourth-order valence-corrected chi connectivity index (χ4v) is 2.92. The topological polar surface area (TPSA) is 52.6 Å². The van der Waals surface area contributed by atoms with Gasteiger partial charge in [-0.1, -0.05) is 36.4 Å². The Morgan fingerprint density at radius 2 is 1.68 bits per heavy atom. The molecule has 0 aliphatic heterocycles. The summed E-state index contributed by atoms with van der Waals surface area (Å²) < 4.78 is 10.4. The molecule has 0 N–H and O–H groups in total. The van der Waals surface area contributed by atoms with Gasteiger partial charge in [-0.15, -0.1) is 0 Å². The minimum absolute atomic E-state index is 0.249. The Morgan fingerprint density at radius 1 is 1.09 bits per heavy atom. The Morgan fingerprint density at radius 3 is 2.23 bits per heavy atom. The molecule has 0 saturated heterocycles. The number of rotatable bonds is 5. The molecule has 0 bridgehead atoms. The third kappa shape index (κ3) is 3.06. The van der Waals surface area contributed by atoms with Crippen molar-refractivity contribution in [3.63, 3.8) is 0 Å². The standard InChI is InChI=1S/C18H22O4/c1-3-21-16(19)18(17(20)22-4-2)12-8-11-15(18)13-14-9-6-5-7-10-14/h5-7,9-10,13H,3-4,8,11-12H2,1-2H3/b15-13+. The molecule has 0 aromatic heterocycles. The van der Waals surface area contributed by atoms with E-state index in [-0.39, 0.29) is 13.2 Å². The number of esters is 2. The lowest BCUT2D eigenvalue weighted by atomic mass is 9.81. The molecule has 1 aliphatic carbocycles. The van der Waals surface area contributed by atoms with E-state index in [2.05, 4.69) is 0 Å². The Kier molecular flexibility index (Phi) is 5.36. The zero-order valence-corrected chi connectivity index (χ0v) is 13.1. The zero-order valence-electron chi connectivity index (χ0n) is 13.1. The van der Waals surface area contributed by atoms with Crippen molar-refractivity contribution in [2.75, 3.05) is 13.2 Å². The maximum Gasteiger partial charge on any atom is 0.327 e. The smallest absolute Gasteiger partial charge is 0.327 e. The summed E-state index contributed by atoms with van der Waals surface area (Å²) in [5.41, 5.74) is 0.481. The van der Waals surface area contributed by atoms with Crippen LogP contribution >= 0.6 is 0 Å². The number of carbonyl (C=O) groups excluding carboxylic acids is 2. The van der Waals surface area contributed by atoms with Gasteiger partial charge in [0.05, 0.1) is 13.2 Å². The van der Waals surface area contributed by atoms with Crippen LogP contribution in [-0.4, -0.2) is 25.2 Å². The SMILES string of the molecule is CCOC(=O)C1(C(=O)OCC)CCC/C1=C\c1ccccc1. The summed E-state index contributed by atoms with van der Waals surface area (Å²) in [4.78, 5) is 25.0. The van der Waals surface area contributed by atoms with Gasteiger partial charge in [0, 0.05) is 0 Å². The minimum Gasteiger partial charge on any atom is -0.465 e. The summed E-state index contributed by atoms with van der Waals surface area (Å²) in [6.45, 7) is 3.98. The van der Waals surface area contributed by atoms with E-state index < -0.39 is 17.4 Å². The fraction of sp³-hybridized carbons (Fsp3) is 0.444. The molecule has 1 aliphatic rings. The van der Waals surface area contributed by atoms with Crippen molar-refractivity contribution in [2.45, 2.75) is 33.1 Å². The molecule has 22 heavy (non-hydrogen) atoms. The van der Waals surface area contributed by atoms with Crippen LogP contribution in [0, 0.1) is 5.41 Å². The highest BCUT2D eigenvalue weighted by Crippen LogP contribution is 2.46. The van der Waals surface area contributed by atoms with Crippen molar-refractivity contribution in [3.05, 3.63) is 41.5 Å². The second-order valence-electron chi connectivity index (χ2n) is 5.28. The van der Waals surface area contributed by atoms with E-state index in [1.807, 2.05) is 36.4 Å². The largest absolute Gasteiger partial charge is 0.465 e. The van der Waals surface area contributed by atoms with Gasteiger partial charge in [-0.2, -0.15) is 0 Å². The second-order valence-corrected chi connectivity index (χ2v) is 5.28. The summed E-state index contributed by atoms with van der Waals surface area (Å²) in [5.74, 6) is -0.985. The Balaban J connectivity index is 2.44. The fourth-order valence-electron chi connectivity index (χ4n) is 2.92. The molecule has 0 heterocycles. The number of ether oxygens (including phenoxy) is 2. The lowest BCUT2D eigenvalue weighted by Crippen LogP contribution is -2.41. The Hall–Kier alpha value is -2.10. The van der Waals surface area contributed by atoms with Gasteiger partial charge >= 0.3 is 11.9 Å². The summed E-state index contributed by atoms with van der Waals surface area (Å²) >= 11 is 0. The third-order valence-electron chi connectivity index (χ3n) is 3.93. The van der Waals surface area contributed by atoms with E-state index in [1.54, 1.807) is 13.8 Å². The zero-order chi connectivity index (χ0) is 16.0. The van der Waals surface area contributed by atoms with Gasteiger partial charge < -0.3 is 9.47 Å². The van der Waals surface area contributed by atoms with E-state index in [4.69, 9.17) is 9.47 Å². The normalized spacial score (nSPS) is 18.2. The predicted molar refractivity (Wildman–Crippen MR) is 84.0 cm³/mol. The average molecular weight is 302 g/mol. The molecule has 4 heteroatoms. The van der Waals surface area contributed by atoms with Crippen molar-refractivity contribution in [2.24, 2.45) is 5.41 Å². The van der Waals surface area contributed by atoms with Crippen LogP contribution in [0.4, 0.5) is 0 Å². The molecule has 0 unspecified atom stereocenters. The van der Waals surface area contributed by atoms with Crippen molar-refractivity contribution < 1.29 is 19.1 Å². The third-order valence-corrected chi connectivity index (χ3v) is 3.93.